The lowest BCUT2D eigenvalue weighted by atomic mass is 10.1. The minimum absolute atomic E-state index is 0.0335. The van der Waals surface area contributed by atoms with Crippen LogP contribution in [0.25, 0.3) is 0 Å². The second-order valence-corrected chi connectivity index (χ2v) is 5.37. The van der Waals surface area contributed by atoms with Crippen molar-refractivity contribution in [2.24, 2.45) is 0 Å². The molecule has 2 rings (SSSR count). The third kappa shape index (κ3) is 3.61. The van der Waals surface area contributed by atoms with Crippen LogP contribution >= 0.6 is 0 Å². The second-order valence-electron chi connectivity index (χ2n) is 5.37. The Hall–Kier alpha value is -1.33. The molecule has 1 fully saturated rings. The van der Waals surface area contributed by atoms with E-state index in [1.807, 2.05) is 25.3 Å². The van der Waals surface area contributed by atoms with Gasteiger partial charge < -0.3 is 20.3 Å². The number of aliphatic hydroxyl groups excluding tert-OH is 1. The van der Waals surface area contributed by atoms with Gasteiger partial charge in [0.15, 0.2) is 0 Å². The number of nitrogens with one attached hydrogen (secondary N) is 2. The molecule has 112 valence electrons. The predicted octanol–water partition coefficient (Wildman–Crippen LogP) is 1.30. The number of carbonyl (C=O) groups is 1. The predicted molar refractivity (Wildman–Crippen MR) is 78.8 cm³/mol. The van der Waals surface area contributed by atoms with Crippen LogP contribution in [0.5, 0.6) is 0 Å². The molecule has 1 aromatic heterocycles. The highest BCUT2D eigenvalue weighted by Gasteiger charge is 2.21. The van der Waals surface area contributed by atoms with Crippen molar-refractivity contribution in [3.8, 4) is 0 Å². The molecular formula is C15H25N3O2. The number of piperidine rings is 1. The third-order valence-corrected chi connectivity index (χ3v) is 4.02. The fourth-order valence-corrected chi connectivity index (χ4v) is 2.78. The van der Waals surface area contributed by atoms with Crippen molar-refractivity contribution in [2.45, 2.75) is 44.7 Å². The Bertz CT molecular complexity index is 425. The summed E-state index contributed by atoms with van der Waals surface area (Å²) >= 11 is 0. The topological polar surface area (TPSA) is 66.3 Å². The van der Waals surface area contributed by atoms with E-state index in [0.29, 0.717) is 12.5 Å². The van der Waals surface area contributed by atoms with Crippen molar-refractivity contribution in [3.05, 3.63) is 24.0 Å². The average molecular weight is 279 g/mol. The van der Waals surface area contributed by atoms with Crippen LogP contribution in [0.3, 0.4) is 0 Å². The molecule has 1 amide bonds. The minimum atomic E-state index is -0.0335. The molecule has 3 N–H and O–H groups in total. The monoisotopic (exact) mass is 279 g/mol. The maximum atomic E-state index is 12.4. The number of hydrogen-bond donors (Lipinski definition) is 3. The lowest BCUT2D eigenvalue weighted by molar-refractivity contribution is 0.0916. The molecule has 0 bridgehead atoms. The zero-order chi connectivity index (χ0) is 14.4. The van der Waals surface area contributed by atoms with E-state index in [1.54, 1.807) is 0 Å². The molecule has 0 aromatic carbocycles. The van der Waals surface area contributed by atoms with Crippen molar-refractivity contribution in [1.82, 2.24) is 15.2 Å². The van der Waals surface area contributed by atoms with Crippen molar-refractivity contribution in [3.63, 3.8) is 0 Å². The van der Waals surface area contributed by atoms with Gasteiger partial charge in [0.05, 0.1) is 0 Å². The average Bonchev–Trinajstić information content (AvgIpc) is 2.97. The van der Waals surface area contributed by atoms with Crippen LogP contribution in [-0.4, -0.2) is 41.3 Å². The van der Waals surface area contributed by atoms with Crippen molar-refractivity contribution in [2.75, 3.05) is 19.7 Å². The van der Waals surface area contributed by atoms with E-state index in [0.717, 1.165) is 38.0 Å². The van der Waals surface area contributed by atoms with Gasteiger partial charge in [0, 0.05) is 24.9 Å². The molecule has 2 heterocycles. The quantitative estimate of drug-likeness (QED) is 0.735. The summed E-state index contributed by atoms with van der Waals surface area (Å²) in [6.07, 6.45) is 5.56. The summed E-state index contributed by atoms with van der Waals surface area (Å²) in [6.45, 7) is 4.14. The van der Waals surface area contributed by atoms with Gasteiger partial charge in [-0.1, -0.05) is 6.92 Å². The summed E-state index contributed by atoms with van der Waals surface area (Å²) in [7, 11) is 0. The highest BCUT2D eigenvalue weighted by molar-refractivity contribution is 5.93. The first-order chi connectivity index (χ1) is 9.76. The first-order valence-electron chi connectivity index (χ1n) is 7.55. The van der Waals surface area contributed by atoms with Gasteiger partial charge >= 0.3 is 0 Å². The van der Waals surface area contributed by atoms with E-state index in [4.69, 9.17) is 5.11 Å². The van der Waals surface area contributed by atoms with Crippen molar-refractivity contribution >= 4 is 5.91 Å². The summed E-state index contributed by atoms with van der Waals surface area (Å²) in [4.78, 5) is 12.4. The van der Waals surface area contributed by atoms with Gasteiger partial charge in [-0.05, 0) is 50.9 Å². The Labute approximate surface area is 120 Å². The Morgan fingerprint density at radius 3 is 2.95 bits per heavy atom. The molecular weight excluding hydrogens is 254 g/mol. The normalized spacial score (nSPS) is 17.9. The zero-order valence-electron chi connectivity index (χ0n) is 12.1. The fraction of sp³-hybridized carbons (Fsp3) is 0.667. The Kier molecular flexibility index (Phi) is 5.61. The molecule has 20 heavy (non-hydrogen) atoms. The van der Waals surface area contributed by atoms with Crippen LogP contribution in [0.4, 0.5) is 0 Å². The third-order valence-electron chi connectivity index (χ3n) is 4.02. The summed E-state index contributed by atoms with van der Waals surface area (Å²) in [5.41, 5.74) is 0.730. The smallest absolute Gasteiger partial charge is 0.268 e. The SMILES string of the molecule is CCC(CCO)NC(=O)c1cccn1C1CCNCC1. The van der Waals surface area contributed by atoms with E-state index in [2.05, 4.69) is 15.2 Å². The van der Waals surface area contributed by atoms with Gasteiger partial charge in [0.25, 0.3) is 5.91 Å². The maximum absolute atomic E-state index is 12.4. The molecule has 1 atom stereocenters. The maximum Gasteiger partial charge on any atom is 0.268 e. The number of rotatable bonds is 6. The van der Waals surface area contributed by atoms with Gasteiger partial charge in [-0.25, -0.2) is 0 Å². The molecule has 0 aliphatic carbocycles. The molecule has 1 unspecified atom stereocenters. The van der Waals surface area contributed by atoms with E-state index in [9.17, 15) is 4.79 Å². The Morgan fingerprint density at radius 1 is 1.55 bits per heavy atom. The molecule has 0 spiro atoms. The number of hydrogen-bond acceptors (Lipinski definition) is 3. The molecule has 0 saturated carbocycles. The van der Waals surface area contributed by atoms with Gasteiger partial charge in [0.1, 0.15) is 5.69 Å². The molecule has 1 aliphatic heterocycles. The molecule has 5 heteroatoms. The van der Waals surface area contributed by atoms with E-state index < -0.39 is 0 Å². The molecule has 5 nitrogen and oxygen atoms in total. The second kappa shape index (κ2) is 7.45. The van der Waals surface area contributed by atoms with Crippen LogP contribution in [0.2, 0.25) is 0 Å². The summed E-state index contributed by atoms with van der Waals surface area (Å²) < 4.78 is 2.10. The number of aromatic nitrogens is 1. The standard InChI is InChI=1S/C15H25N3O2/c1-2-12(7-11-19)17-15(20)14-4-3-10-18(14)13-5-8-16-9-6-13/h3-4,10,12-13,16,19H,2,5-9,11H2,1H3,(H,17,20). The largest absolute Gasteiger partial charge is 0.396 e. The van der Waals surface area contributed by atoms with Crippen LogP contribution in [0, 0.1) is 0 Å². The Morgan fingerprint density at radius 2 is 2.30 bits per heavy atom. The van der Waals surface area contributed by atoms with Crippen LogP contribution in [0.15, 0.2) is 18.3 Å². The Balaban J connectivity index is 2.04. The molecule has 1 aliphatic rings. The highest BCUT2D eigenvalue weighted by atomic mass is 16.3. The van der Waals surface area contributed by atoms with Crippen LogP contribution in [0.1, 0.15) is 49.1 Å². The number of carbonyl (C=O) groups excluding carboxylic acids is 1. The molecule has 1 saturated heterocycles. The van der Waals surface area contributed by atoms with E-state index in [1.165, 1.54) is 0 Å². The van der Waals surface area contributed by atoms with Gasteiger partial charge in [0.2, 0.25) is 0 Å². The van der Waals surface area contributed by atoms with E-state index in [-0.39, 0.29) is 18.6 Å². The van der Waals surface area contributed by atoms with E-state index >= 15 is 0 Å². The number of amides is 1. The van der Waals surface area contributed by atoms with Gasteiger partial charge in [-0.2, -0.15) is 0 Å². The molecule has 1 aromatic rings. The summed E-state index contributed by atoms with van der Waals surface area (Å²) in [5.74, 6) is -0.0335. The fourth-order valence-electron chi connectivity index (χ4n) is 2.78. The lowest BCUT2D eigenvalue weighted by Gasteiger charge is -2.26. The van der Waals surface area contributed by atoms with Gasteiger partial charge in [-0.3, -0.25) is 4.79 Å². The zero-order valence-corrected chi connectivity index (χ0v) is 12.1. The minimum Gasteiger partial charge on any atom is -0.396 e. The number of aliphatic hydroxyl groups is 1. The first kappa shape index (κ1) is 15.1. The highest BCUT2D eigenvalue weighted by Crippen LogP contribution is 2.21. The van der Waals surface area contributed by atoms with Crippen molar-refractivity contribution in [1.29, 1.82) is 0 Å². The summed E-state index contributed by atoms with van der Waals surface area (Å²) in [6, 6.07) is 4.27. The summed E-state index contributed by atoms with van der Waals surface area (Å²) in [5, 5.41) is 15.4. The molecule has 0 radical (unpaired) electrons. The van der Waals surface area contributed by atoms with Crippen molar-refractivity contribution < 1.29 is 9.90 Å². The van der Waals surface area contributed by atoms with Gasteiger partial charge in [-0.15, -0.1) is 0 Å². The first-order valence-corrected chi connectivity index (χ1v) is 7.55. The van der Waals surface area contributed by atoms with Crippen LogP contribution in [-0.2, 0) is 0 Å². The lowest BCUT2D eigenvalue weighted by Crippen LogP contribution is -2.37. The van der Waals surface area contributed by atoms with Crippen LogP contribution < -0.4 is 10.6 Å². The number of nitrogens with zero attached hydrogens (tertiary/aromatic N) is 1.